The molecule has 4 heteroatoms. The van der Waals surface area contributed by atoms with Crippen LogP contribution in [0.4, 0.5) is 5.69 Å². The van der Waals surface area contributed by atoms with Gasteiger partial charge in [-0.25, -0.2) is 4.98 Å². The number of hydrogen-bond acceptors (Lipinski definition) is 3. The van der Waals surface area contributed by atoms with Crippen molar-refractivity contribution in [2.75, 3.05) is 18.8 Å². The molecule has 0 bridgehead atoms. The predicted octanol–water partition coefficient (Wildman–Crippen LogP) is 2.56. The van der Waals surface area contributed by atoms with E-state index in [0.29, 0.717) is 22.7 Å². The number of nitrogens with two attached hydrogens (primary N) is 1. The van der Waals surface area contributed by atoms with Crippen LogP contribution in [0.3, 0.4) is 0 Å². The van der Waals surface area contributed by atoms with Gasteiger partial charge < -0.3 is 10.6 Å². The highest BCUT2D eigenvalue weighted by atomic mass is 16.2. The third-order valence-corrected chi connectivity index (χ3v) is 4.05. The lowest BCUT2D eigenvalue weighted by Crippen LogP contribution is -2.41. The summed E-state index contributed by atoms with van der Waals surface area (Å²) < 4.78 is 0. The Balaban J connectivity index is 2.03. The number of piperidine rings is 1. The van der Waals surface area contributed by atoms with Crippen molar-refractivity contribution in [3.8, 4) is 0 Å². The van der Waals surface area contributed by atoms with E-state index in [2.05, 4.69) is 25.8 Å². The van der Waals surface area contributed by atoms with Crippen molar-refractivity contribution in [3.63, 3.8) is 0 Å². The molecule has 0 aromatic carbocycles. The van der Waals surface area contributed by atoms with Crippen LogP contribution in [0.25, 0.3) is 0 Å². The molecule has 1 amide bonds. The average molecular weight is 261 g/mol. The fourth-order valence-electron chi connectivity index (χ4n) is 2.69. The summed E-state index contributed by atoms with van der Waals surface area (Å²) in [6.07, 6.45) is 3.73. The van der Waals surface area contributed by atoms with E-state index in [-0.39, 0.29) is 5.91 Å². The summed E-state index contributed by atoms with van der Waals surface area (Å²) >= 11 is 0. The topological polar surface area (TPSA) is 59.2 Å². The van der Waals surface area contributed by atoms with Crippen LogP contribution in [0.15, 0.2) is 18.3 Å². The standard InChI is InChI=1S/C15H23N3O/c1-15(2,3)11-6-9-18(10-7-11)14(19)13-12(16)5-4-8-17-13/h4-5,8,11H,6-7,9-10,16H2,1-3H3. The lowest BCUT2D eigenvalue weighted by molar-refractivity contribution is 0.0604. The Morgan fingerprint density at radius 1 is 1.37 bits per heavy atom. The summed E-state index contributed by atoms with van der Waals surface area (Å²) in [7, 11) is 0. The van der Waals surface area contributed by atoms with Crippen LogP contribution in [-0.4, -0.2) is 28.9 Å². The summed E-state index contributed by atoms with van der Waals surface area (Å²) in [5, 5.41) is 0. The number of anilines is 1. The molecule has 1 aromatic rings. The van der Waals surface area contributed by atoms with Gasteiger partial charge in [-0.15, -0.1) is 0 Å². The molecule has 0 unspecified atom stereocenters. The van der Waals surface area contributed by atoms with Gasteiger partial charge >= 0.3 is 0 Å². The zero-order chi connectivity index (χ0) is 14.0. The number of pyridine rings is 1. The molecule has 0 aliphatic carbocycles. The lowest BCUT2D eigenvalue weighted by Gasteiger charge is -2.38. The van der Waals surface area contributed by atoms with Crippen molar-refractivity contribution in [2.45, 2.75) is 33.6 Å². The Morgan fingerprint density at radius 2 is 2.00 bits per heavy atom. The van der Waals surface area contributed by atoms with Gasteiger partial charge in [0.05, 0.1) is 5.69 Å². The minimum Gasteiger partial charge on any atom is -0.397 e. The molecule has 0 saturated carbocycles. The maximum Gasteiger partial charge on any atom is 0.274 e. The van der Waals surface area contributed by atoms with Crippen molar-refractivity contribution < 1.29 is 4.79 Å². The number of carbonyl (C=O) groups is 1. The molecule has 0 atom stereocenters. The molecule has 2 N–H and O–H groups in total. The van der Waals surface area contributed by atoms with Crippen LogP contribution in [-0.2, 0) is 0 Å². The minimum absolute atomic E-state index is 0.0366. The van der Waals surface area contributed by atoms with E-state index in [0.717, 1.165) is 25.9 Å². The van der Waals surface area contributed by atoms with Gasteiger partial charge in [0.1, 0.15) is 0 Å². The fraction of sp³-hybridized carbons (Fsp3) is 0.600. The lowest BCUT2D eigenvalue weighted by atomic mass is 9.75. The fourth-order valence-corrected chi connectivity index (χ4v) is 2.69. The molecule has 2 rings (SSSR count). The number of carbonyl (C=O) groups excluding carboxylic acids is 1. The number of nitrogen functional groups attached to an aromatic ring is 1. The van der Waals surface area contributed by atoms with E-state index < -0.39 is 0 Å². The van der Waals surface area contributed by atoms with Gasteiger partial charge in [0.15, 0.2) is 5.69 Å². The van der Waals surface area contributed by atoms with Gasteiger partial charge in [-0.1, -0.05) is 20.8 Å². The molecule has 1 aliphatic rings. The van der Waals surface area contributed by atoms with Gasteiger partial charge in [0.25, 0.3) is 5.91 Å². The van der Waals surface area contributed by atoms with Crippen LogP contribution in [0.5, 0.6) is 0 Å². The van der Waals surface area contributed by atoms with Crippen LogP contribution in [0.1, 0.15) is 44.1 Å². The van der Waals surface area contributed by atoms with E-state index in [9.17, 15) is 4.79 Å². The second-order valence-corrected chi connectivity index (χ2v) is 6.37. The number of rotatable bonds is 1. The van der Waals surface area contributed by atoms with Gasteiger partial charge in [-0.05, 0) is 36.3 Å². The minimum atomic E-state index is -0.0366. The Morgan fingerprint density at radius 3 is 2.53 bits per heavy atom. The summed E-state index contributed by atoms with van der Waals surface area (Å²) in [5.74, 6) is 0.642. The normalized spacial score (nSPS) is 17.5. The third kappa shape index (κ3) is 3.06. The first-order valence-electron chi connectivity index (χ1n) is 6.89. The van der Waals surface area contributed by atoms with Crippen molar-refractivity contribution in [1.29, 1.82) is 0 Å². The Bertz CT molecular complexity index is 457. The van der Waals surface area contributed by atoms with E-state index in [1.807, 2.05) is 4.90 Å². The molecule has 104 valence electrons. The third-order valence-electron chi connectivity index (χ3n) is 4.05. The van der Waals surface area contributed by atoms with Crippen molar-refractivity contribution in [1.82, 2.24) is 9.88 Å². The molecule has 0 radical (unpaired) electrons. The second kappa shape index (κ2) is 5.19. The van der Waals surface area contributed by atoms with Crippen LogP contribution in [0, 0.1) is 11.3 Å². The molecule has 1 saturated heterocycles. The first kappa shape index (κ1) is 13.8. The first-order valence-corrected chi connectivity index (χ1v) is 6.89. The predicted molar refractivity (Wildman–Crippen MR) is 76.7 cm³/mol. The molecular weight excluding hydrogens is 238 g/mol. The number of aromatic nitrogens is 1. The van der Waals surface area contributed by atoms with Crippen LogP contribution in [0.2, 0.25) is 0 Å². The zero-order valence-corrected chi connectivity index (χ0v) is 12.0. The quantitative estimate of drug-likeness (QED) is 0.845. The van der Waals surface area contributed by atoms with Gasteiger partial charge in [0, 0.05) is 19.3 Å². The van der Waals surface area contributed by atoms with E-state index in [4.69, 9.17) is 5.73 Å². The number of nitrogens with zero attached hydrogens (tertiary/aromatic N) is 2. The molecular formula is C15H23N3O. The highest BCUT2D eigenvalue weighted by Gasteiger charge is 2.31. The first-order chi connectivity index (χ1) is 8.89. The second-order valence-electron chi connectivity index (χ2n) is 6.37. The van der Waals surface area contributed by atoms with Crippen LogP contribution >= 0.6 is 0 Å². The van der Waals surface area contributed by atoms with Crippen molar-refractivity contribution in [2.24, 2.45) is 11.3 Å². The van der Waals surface area contributed by atoms with Crippen LogP contribution < -0.4 is 5.73 Å². The summed E-state index contributed by atoms with van der Waals surface area (Å²) in [6.45, 7) is 8.41. The molecule has 19 heavy (non-hydrogen) atoms. The molecule has 4 nitrogen and oxygen atoms in total. The molecule has 1 fully saturated rings. The summed E-state index contributed by atoms with van der Waals surface area (Å²) in [6, 6.07) is 3.47. The number of amides is 1. The van der Waals surface area contributed by atoms with Gasteiger partial charge in [-0.3, -0.25) is 4.79 Å². The number of hydrogen-bond donors (Lipinski definition) is 1. The monoisotopic (exact) mass is 261 g/mol. The number of likely N-dealkylation sites (tertiary alicyclic amines) is 1. The van der Waals surface area contributed by atoms with Crippen molar-refractivity contribution >= 4 is 11.6 Å². The molecule has 1 aliphatic heterocycles. The molecule has 2 heterocycles. The molecule has 1 aromatic heterocycles. The van der Waals surface area contributed by atoms with E-state index in [1.165, 1.54) is 0 Å². The summed E-state index contributed by atoms with van der Waals surface area (Å²) in [5.41, 5.74) is 6.98. The zero-order valence-electron chi connectivity index (χ0n) is 12.0. The SMILES string of the molecule is CC(C)(C)C1CCN(C(=O)c2ncccc2N)CC1. The highest BCUT2D eigenvalue weighted by molar-refractivity contribution is 5.97. The van der Waals surface area contributed by atoms with Gasteiger partial charge in [-0.2, -0.15) is 0 Å². The van der Waals surface area contributed by atoms with Crippen molar-refractivity contribution in [3.05, 3.63) is 24.0 Å². The Labute approximate surface area is 115 Å². The van der Waals surface area contributed by atoms with Gasteiger partial charge in [0.2, 0.25) is 0 Å². The highest BCUT2D eigenvalue weighted by Crippen LogP contribution is 2.34. The Kier molecular flexibility index (Phi) is 3.78. The van der Waals surface area contributed by atoms with E-state index in [1.54, 1.807) is 18.3 Å². The largest absolute Gasteiger partial charge is 0.397 e. The van der Waals surface area contributed by atoms with E-state index >= 15 is 0 Å². The average Bonchev–Trinajstić information content (AvgIpc) is 2.38. The Hall–Kier alpha value is -1.58. The maximum absolute atomic E-state index is 12.4. The molecule has 0 spiro atoms. The summed E-state index contributed by atoms with van der Waals surface area (Å²) in [4.78, 5) is 18.3. The smallest absolute Gasteiger partial charge is 0.274 e. The maximum atomic E-state index is 12.4.